The van der Waals surface area contributed by atoms with Crippen LogP contribution in [0.2, 0.25) is 6.82 Å². The minimum Gasteiger partial charge on any atom is -0.485 e. The van der Waals surface area contributed by atoms with Gasteiger partial charge in [-0.3, -0.25) is 19.4 Å². The van der Waals surface area contributed by atoms with Gasteiger partial charge in [0.25, 0.3) is 0 Å². The molecule has 376 valence electrons. The Kier molecular flexibility index (Phi) is 23.6. The van der Waals surface area contributed by atoms with Crippen molar-refractivity contribution in [3.63, 3.8) is 0 Å². The van der Waals surface area contributed by atoms with E-state index in [0.29, 0.717) is 57.2 Å². The van der Waals surface area contributed by atoms with Gasteiger partial charge in [0.15, 0.2) is 35.9 Å². The molecule has 4 aromatic heterocycles. The Morgan fingerprint density at radius 1 is 0.743 bits per heavy atom. The summed E-state index contributed by atoms with van der Waals surface area (Å²) >= 11 is 3.66. The van der Waals surface area contributed by atoms with E-state index >= 15 is 0 Å². The number of fused-ring (bicyclic) bond motifs is 2. The number of ketones is 2. The Balaban J connectivity index is 0.000000276. The molecule has 2 aliphatic heterocycles. The van der Waals surface area contributed by atoms with Crippen LogP contribution in [0.3, 0.4) is 0 Å². The standard InChI is InChI=1S/C24H26FN3O4.C23H23BrFN3O4.CH5BO2.2H2S/c1-16-21-7-9-28(12-18(21)2-5-23(16)31-14-20-11-26-15-32-20)13-19(29)3-4-22(30)17-6-8-27-24(25)10-17;24-23-19-6-8-28(11-16(19)1-4-21(23)31-13-18-10-26-14-32-18)12-17(29)2-3-20(30)15-5-7-27-22(25)9-15;1-2(3)4;;/h2,5-6,8,10-11,15,19,29H,3-4,7,9,12-14H2,1H3;1,4-5,7,9-10,14,17,29H,2-3,6,8,11-13H2;3-4H,1H3;2*1H2/t19-;17-;;;/m00.../s1. The van der Waals surface area contributed by atoms with Crippen LogP contribution in [0.25, 0.3) is 0 Å². The zero-order valence-corrected chi connectivity index (χ0v) is 42.4. The fraction of sp³-hybridized carbons (Fsp3) is 0.375. The molecule has 16 nitrogen and oxygen atoms in total. The highest BCUT2D eigenvalue weighted by Crippen LogP contribution is 2.35. The maximum Gasteiger partial charge on any atom is 0.448 e. The van der Waals surface area contributed by atoms with Gasteiger partial charge in [0.05, 0.1) is 29.1 Å². The van der Waals surface area contributed by atoms with Crippen LogP contribution in [0.5, 0.6) is 11.5 Å². The molecule has 0 aliphatic carbocycles. The summed E-state index contributed by atoms with van der Waals surface area (Å²) in [5, 5.41) is 36.1. The van der Waals surface area contributed by atoms with Crippen LogP contribution >= 0.6 is 42.9 Å². The van der Waals surface area contributed by atoms with E-state index in [0.717, 1.165) is 66.1 Å². The normalized spacial score (nSPS) is 13.8. The number of pyridine rings is 2. The van der Waals surface area contributed by atoms with Crippen molar-refractivity contribution < 1.29 is 56.9 Å². The molecule has 70 heavy (non-hydrogen) atoms. The summed E-state index contributed by atoms with van der Waals surface area (Å²) in [5.41, 5.74) is 6.55. The van der Waals surface area contributed by atoms with E-state index in [-0.39, 0.29) is 62.5 Å². The lowest BCUT2D eigenvalue weighted by Gasteiger charge is -2.31. The number of benzene rings is 2. The number of aromatic nitrogens is 4. The first kappa shape index (κ1) is 57.5. The molecule has 0 fully saturated rings. The van der Waals surface area contributed by atoms with Crippen molar-refractivity contribution >= 4 is 61.6 Å². The van der Waals surface area contributed by atoms with Crippen molar-refractivity contribution in [3.8, 4) is 11.5 Å². The largest absolute Gasteiger partial charge is 0.485 e. The topological polar surface area (TPSA) is 218 Å². The maximum absolute atomic E-state index is 13.2. The fourth-order valence-electron chi connectivity index (χ4n) is 7.84. The molecule has 0 amide bonds. The Morgan fingerprint density at radius 3 is 1.64 bits per heavy atom. The molecule has 0 saturated heterocycles. The van der Waals surface area contributed by atoms with E-state index < -0.39 is 31.2 Å². The number of hydrogen-bond donors (Lipinski definition) is 4. The number of aliphatic hydroxyl groups excluding tert-OH is 2. The summed E-state index contributed by atoms with van der Waals surface area (Å²) < 4.78 is 49.4. The second-order valence-corrected chi connectivity index (χ2v) is 17.2. The van der Waals surface area contributed by atoms with E-state index in [1.54, 1.807) is 12.4 Å². The molecule has 4 N–H and O–H groups in total. The van der Waals surface area contributed by atoms with Crippen molar-refractivity contribution in [1.29, 1.82) is 0 Å². The minimum absolute atomic E-state index is 0. The Hall–Kier alpha value is -5.04. The Labute approximate surface area is 427 Å². The molecule has 0 unspecified atom stereocenters. The molecule has 2 aliphatic rings. The van der Waals surface area contributed by atoms with Gasteiger partial charge < -0.3 is 38.6 Å². The van der Waals surface area contributed by atoms with Crippen LogP contribution in [-0.2, 0) is 39.1 Å². The van der Waals surface area contributed by atoms with Gasteiger partial charge in [0, 0.05) is 87.8 Å². The number of aliphatic hydroxyl groups is 2. The van der Waals surface area contributed by atoms with Crippen LogP contribution in [0.15, 0.2) is 99.4 Å². The molecule has 22 heteroatoms. The molecule has 2 atom stereocenters. The average Bonchev–Trinajstić information content (AvgIpc) is 4.05. The Bertz CT molecular complexity index is 2400. The number of carbonyl (C=O) groups excluding carboxylic acids is 2. The van der Waals surface area contributed by atoms with Crippen molar-refractivity contribution in [1.82, 2.24) is 29.7 Å². The summed E-state index contributed by atoms with van der Waals surface area (Å²) in [6, 6.07) is 13.2. The first-order chi connectivity index (χ1) is 32.7. The van der Waals surface area contributed by atoms with Crippen molar-refractivity contribution in [3.05, 3.63) is 153 Å². The van der Waals surface area contributed by atoms with Gasteiger partial charge in [-0.1, -0.05) is 12.1 Å². The van der Waals surface area contributed by atoms with Crippen LogP contribution < -0.4 is 9.47 Å². The van der Waals surface area contributed by atoms with Gasteiger partial charge >= 0.3 is 7.12 Å². The number of carbonyl (C=O) groups is 2. The van der Waals surface area contributed by atoms with Crippen LogP contribution in [-0.4, -0.2) is 107 Å². The quantitative estimate of drug-likeness (QED) is 0.0399. The van der Waals surface area contributed by atoms with Gasteiger partial charge in [-0.15, -0.1) is 0 Å². The van der Waals surface area contributed by atoms with Gasteiger partial charge in [-0.25, -0.2) is 19.9 Å². The van der Waals surface area contributed by atoms with Gasteiger partial charge in [-0.05, 0) is 107 Å². The number of ether oxygens (including phenoxy) is 2. The lowest BCUT2D eigenvalue weighted by atomic mass is 9.94. The van der Waals surface area contributed by atoms with Gasteiger partial charge in [0.2, 0.25) is 11.9 Å². The third-order valence-electron chi connectivity index (χ3n) is 11.2. The van der Waals surface area contributed by atoms with Crippen LogP contribution in [0.4, 0.5) is 8.78 Å². The van der Waals surface area contributed by atoms with Crippen LogP contribution in [0.1, 0.15) is 85.7 Å². The molecular formula is C48H58BBrF2N6O10S2. The van der Waals surface area contributed by atoms with E-state index in [9.17, 15) is 28.6 Å². The summed E-state index contributed by atoms with van der Waals surface area (Å²) in [6.07, 6.45) is 9.96. The first-order valence-electron chi connectivity index (χ1n) is 22.1. The van der Waals surface area contributed by atoms with E-state index in [2.05, 4.69) is 58.7 Å². The smallest absolute Gasteiger partial charge is 0.448 e. The van der Waals surface area contributed by atoms with Crippen LogP contribution in [0, 0.1) is 18.8 Å². The Morgan fingerprint density at radius 2 is 1.19 bits per heavy atom. The number of oxazole rings is 2. The summed E-state index contributed by atoms with van der Waals surface area (Å²) in [4.78, 5) is 43.5. The average molecular weight is 1070 g/mol. The number of halogens is 3. The minimum atomic E-state index is -1.17. The fourth-order valence-corrected chi connectivity index (χ4v) is 8.54. The zero-order valence-electron chi connectivity index (χ0n) is 38.8. The predicted octanol–water partition coefficient (Wildman–Crippen LogP) is 6.73. The highest BCUT2D eigenvalue weighted by molar-refractivity contribution is 9.10. The molecule has 0 spiro atoms. The van der Waals surface area contributed by atoms with Crippen molar-refractivity contribution in [2.75, 3.05) is 26.2 Å². The second-order valence-electron chi connectivity index (χ2n) is 16.4. The third kappa shape index (κ3) is 17.7. The van der Waals surface area contributed by atoms with E-state index in [4.69, 9.17) is 28.4 Å². The van der Waals surface area contributed by atoms with Crippen molar-refractivity contribution in [2.45, 2.75) is 90.8 Å². The summed E-state index contributed by atoms with van der Waals surface area (Å²) in [6.45, 7) is 7.99. The molecule has 0 radical (unpaired) electrons. The molecule has 0 bridgehead atoms. The number of rotatable bonds is 18. The first-order valence-corrected chi connectivity index (χ1v) is 22.9. The SMILES string of the molecule is CB(O)O.Cc1c(OCc2cnco2)ccc2c1CCN(C[C@@H](O)CCC(=O)c1ccnc(F)c1)C2.O=C(CC[C@H](O)CN1CCc2c(ccc(OCc3cnco3)c2Br)C1)c1ccnc(F)c1.S.S. The molecule has 6 heterocycles. The maximum atomic E-state index is 13.2. The molecule has 0 saturated carbocycles. The molecular weight excluding hydrogens is 1010 g/mol. The third-order valence-corrected chi connectivity index (χ3v) is 12.1. The highest BCUT2D eigenvalue weighted by Gasteiger charge is 2.24. The second kappa shape index (κ2) is 28.7. The summed E-state index contributed by atoms with van der Waals surface area (Å²) in [5.74, 6) is 1.17. The number of Topliss-reactive ketones (excluding diaryl/α,β-unsaturated/α-hetero) is 2. The van der Waals surface area contributed by atoms with Crippen molar-refractivity contribution in [2.24, 2.45) is 0 Å². The van der Waals surface area contributed by atoms with E-state index in [1.807, 2.05) is 18.2 Å². The number of hydrogen-bond acceptors (Lipinski definition) is 16. The lowest BCUT2D eigenvalue weighted by molar-refractivity contribution is 0.0835. The predicted molar refractivity (Wildman–Crippen MR) is 269 cm³/mol. The zero-order chi connectivity index (χ0) is 48.6. The highest BCUT2D eigenvalue weighted by atomic mass is 79.9. The van der Waals surface area contributed by atoms with Gasteiger partial charge in [-0.2, -0.15) is 35.8 Å². The number of β-amino-alcohol motifs (C(OH)–C–C–N with tert-alkyl or cyclic N) is 2. The van der Waals surface area contributed by atoms with Gasteiger partial charge in [0.1, 0.15) is 24.7 Å². The molecule has 2 aromatic carbocycles. The molecule has 8 rings (SSSR count). The van der Waals surface area contributed by atoms with E-state index in [1.165, 1.54) is 66.4 Å². The monoisotopic (exact) mass is 1070 g/mol. The molecule has 6 aromatic rings. The summed E-state index contributed by atoms with van der Waals surface area (Å²) in [7, 11) is -1.17. The lowest BCUT2D eigenvalue weighted by Crippen LogP contribution is -2.37. The number of nitrogens with zero attached hydrogens (tertiary/aromatic N) is 6.